The molecule has 2 saturated heterocycles. The van der Waals surface area contributed by atoms with E-state index in [4.69, 9.17) is 4.74 Å². The van der Waals surface area contributed by atoms with Crippen molar-refractivity contribution in [1.29, 1.82) is 0 Å². The van der Waals surface area contributed by atoms with E-state index in [9.17, 15) is 27.6 Å². The summed E-state index contributed by atoms with van der Waals surface area (Å²) in [5.41, 5.74) is 0.707. The van der Waals surface area contributed by atoms with Gasteiger partial charge in [0.05, 0.1) is 6.20 Å². The average Bonchev–Trinajstić information content (AvgIpc) is 3.21. The van der Waals surface area contributed by atoms with Gasteiger partial charge in [-0.2, -0.15) is 13.2 Å². The number of carbonyl (C=O) groups is 2. The first kappa shape index (κ1) is 27.2. The van der Waals surface area contributed by atoms with Crippen LogP contribution < -0.4 is 15.1 Å². The van der Waals surface area contributed by atoms with Gasteiger partial charge in [0, 0.05) is 37.8 Å². The van der Waals surface area contributed by atoms with Crippen LogP contribution in [-0.2, 0) is 17.8 Å². The van der Waals surface area contributed by atoms with Crippen LogP contribution in [0.1, 0.15) is 61.1 Å². The lowest BCUT2D eigenvalue weighted by Crippen LogP contribution is -2.49. The highest BCUT2D eigenvalue weighted by Crippen LogP contribution is 2.42. The number of benzene rings is 1. The second-order valence-corrected chi connectivity index (χ2v) is 11.3. The summed E-state index contributed by atoms with van der Waals surface area (Å²) in [6, 6.07) is 6.25. The summed E-state index contributed by atoms with van der Waals surface area (Å²) in [6.07, 6.45) is 0.848. The maximum absolute atomic E-state index is 13.0. The fourth-order valence-electron chi connectivity index (χ4n) is 5.83. The van der Waals surface area contributed by atoms with Crippen LogP contribution in [0.5, 0.6) is 5.75 Å². The zero-order valence-corrected chi connectivity index (χ0v) is 21.9. The van der Waals surface area contributed by atoms with Crippen molar-refractivity contribution in [3.8, 4) is 5.75 Å². The molecule has 1 aromatic heterocycles. The van der Waals surface area contributed by atoms with E-state index in [1.807, 2.05) is 12.1 Å². The quantitative estimate of drug-likeness (QED) is 0.580. The first-order chi connectivity index (χ1) is 18.4. The van der Waals surface area contributed by atoms with Gasteiger partial charge in [-0.25, -0.2) is 9.78 Å². The number of ether oxygens (including phenoxy) is 1. The van der Waals surface area contributed by atoms with Gasteiger partial charge in [-0.15, -0.1) is 4.73 Å². The molecule has 0 saturated carbocycles. The second kappa shape index (κ2) is 9.96. The van der Waals surface area contributed by atoms with Gasteiger partial charge in [0.25, 0.3) is 5.91 Å². The van der Waals surface area contributed by atoms with Gasteiger partial charge < -0.3 is 14.5 Å². The molecule has 0 bridgehead atoms. The van der Waals surface area contributed by atoms with Gasteiger partial charge in [-0.1, -0.05) is 12.1 Å². The van der Waals surface area contributed by atoms with E-state index in [0.29, 0.717) is 13.1 Å². The van der Waals surface area contributed by atoms with Crippen LogP contribution in [0.3, 0.4) is 0 Å². The Morgan fingerprint density at radius 3 is 2.41 bits per heavy atom. The van der Waals surface area contributed by atoms with Gasteiger partial charge >= 0.3 is 17.7 Å². The van der Waals surface area contributed by atoms with E-state index in [1.165, 1.54) is 16.0 Å². The lowest BCUT2D eigenvalue weighted by Gasteiger charge is -2.47. The van der Waals surface area contributed by atoms with Crippen molar-refractivity contribution in [3.63, 3.8) is 0 Å². The topological polar surface area (TPSA) is 94.0 Å². The first-order valence-corrected chi connectivity index (χ1v) is 13.0. The van der Waals surface area contributed by atoms with Crippen LogP contribution in [-0.4, -0.2) is 69.3 Å². The molecule has 39 heavy (non-hydrogen) atoms. The lowest BCUT2D eigenvalue weighted by atomic mass is 9.71. The van der Waals surface area contributed by atoms with E-state index < -0.39 is 29.3 Å². The first-order valence-electron chi connectivity index (χ1n) is 13.0. The molecule has 1 aromatic carbocycles. The molecule has 4 heterocycles. The Morgan fingerprint density at radius 1 is 1.08 bits per heavy atom. The number of hydrogen-bond acceptors (Lipinski definition) is 7. The zero-order valence-electron chi connectivity index (χ0n) is 21.9. The summed E-state index contributed by atoms with van der Waals surface area (Å²) in [4.78, 5) is 48.4. The molecule has 3 aliphatic heterocycles. The van der Waals surface area contributed by atoms with Gasteiger partial charge in [-0.3, -0.25) is 14.5 Å². The standard InChI is InChI=1S/C27H31F3N4O5/c1-25(2)16-19-18(4-3-5-20(19)38-25)17-32-11-6-26(7-12-32)8-13-33(14-9-26)22(35)21-23(36)34(15-10-31-21)39-24(37)27(28,29)30/h3-5,10,15H,6-9,11-14,16-17H2,1-2H3. The van der Waals surface area contributed by atoms with E-state index in [0.717, 1.165) is 69.9 Å². The Bertz CT molecular complexity index is 1320. The van der Waals surface area contributed by atoms with Crippen LogP contribution in [0, 0.1) is 5.41 Å². The Hall–Kier alpha value is -3.41. The van der Waals surface area contributed by atoms with Gasteiger partial charge in [0.15, 0.2) is 5.69 Å². The Kier molecular flexibility index (Phi) is 6.94. The average molecular weight is 549 g/mol. The molecule has 0 N–H and O–H groups in total. The number of halogens is 3. The number of rotatable bonds is 4. The van der Waals surface area contributed by atoms with Crippen LogP contribution in [0.25, 0.3) is 0 Å². The highest BCUT2D eigenvalue weighted by atomic mass is 19.4. The number of hydrogen-bond donors (Lipinski definition) is 0. The van der Waals surface area contributed by atoms with E-state index in [1.54, 1.807) is 0 Å². The van der Waals surface area contributed by atoms with Crippen molar-refractivity contribution < 1.29 is 32.3 Å². The van der Waals surface area contributed by atoms with Crippen LogP contribution in [0.2, 0.25) is 0 Å². The molecule has 1 amide bonds. The number of alkyl halides is 3. The van der Waals surface area contributed by atoms with Crippen LogP contribution in [0.4, 0.5) is 13.2 Å². The second-order valence-electron chi connectivity index (χ2n) is 11.3. The van der Waals surface area contributed by atoms with Crippen molar-refractivity contribution >= 4 is 11.9 Å². The number of likely N-dealkylation sites (tertiary alicyclic amines) is 2. The number of nitrogens with zero attached hydrogens (tertiary/aromatic N) is 4. The third-order valence-electron chi connectivity index (χ3n) is 8.06. The molecular weight excluding hydrogens is 517 g/mol. The smallest absolute Gasteiger partial charge is 0.487 e. The molecule has 210 valence electrons. The zero-order chi connectivity index (χ0) is 28.0. The minimum absolute atomic E-state index is 0.0897. The largest absolute Gasteiger partial charge is 0.493 e. The minimum Gasteiger partial charge on any atom is -0.487 e. The van der Waals surface area contributed by atoms with E-state index >= 15 is 0 Å². The Labute approximate surface area is 223 Å². The molecule has 1 spiro atoms. The Morgan fingerprint density at radius 2 is 1.74 bits per heavy atom. The van der Waals surface area contributed by atoms with Crippen molar-refractivity contribution in [2.75, 3.05) is 26.2 Å². The van der Waals surface area contributed by atoms with Crippen molar-refractivity contribution in [2.45, 2.75) is 64.3 Å². The van der Waals surface area contributed by atoms with Crippen molar-refractivity contribution in [3.05, 3.63) is 57.8 Å². The van der Waals surface area contributed by atoms with Gasteiger partial charge in [0.2, 0.25) is 0 Å². The molecule has 0 unspecified atom stereocenters. The maximum Gasteiger partial charge on any atom is 0.493 e. The van der Waals surface area contributed by atoms with Crippen LogP contribution in [0.15, 0.2) is 35.4 Å². The fourth-order valence-corrected chi connectivity index (χ4v) is 5.83. The Balaban J connectivity index is 1.17. The normalized spacial score (nSPS) is 20.4. The SMILES string of the molecule is CC1(C)Cc2c(CN3CCC4(CC3)CCN(C(=O)c3nccn(OC(=O)C(F)(F)F)c3=O)CC4)cccc2O1. The van der Waals surface area contributed by atoms with E-state index in [-0.39, 0.29) is 15.7 Å². The molecular formula is C27H31F3N4O5. The summed E-state index contributed by atoms with van der Waals surface area (Å²) >= 11 is 0. The molecule has 9 nitrogen and oxygen atoms in total. The lowest BCUT2D eigenvalue weighted by molar-refractivity contribution is -0.200. The monoisotopic (exact) mass is 548 g/mol. The predicted molar refractivity (Wildman–Crippen MR) is 133 cm³/mol. The minimum atomic E-state index is -5.28. The number of piperidine rings is 2. The third-order valence-corrected chi connectivity index (χ3v) is 8.06. The number of fused-ring (bicyclic) bond motifs is 1. The molecule has 5 rings (SSSR count). The summed E-state index contributed by atoms with van der Waals surface area (Å²) in [6.45, 7) is 7.78. The summed E-state index contributed by atoms with van der Waals surface area (Å²) in [7, 11) is 0. The summed E-state index contributed by atoms with van der Waals surface area (Å²) in [5.74, 6) is -2.27. The number of carbonyl (C=O) groups excluding carboxylic acids is 2. The predicted octanol–water partition coefficient (Wildman–Crippen LogP) is 2.99. The van der Waals surface area contributed by atoms with Crippen molar-refractivity contribution in [1.82, 2.24) is 19.5 Å². The maximum atomic E-state index is 13.0. The number of amides is 1. The fraction of sp³-hybridized carbons (Fsp3) is 0.556. The van der Waals surface area contributed by atoms with Gasteiger partial charge in [-0.05, 0) is 69.7 Å². The van der Waals surface area contributed by atoms with E-state index in [2.05, 4.69) is 34.6 Å². The third kappa shape index (κ3) is 5.66. The highest BCUT2D eigenvalue weighted by molar-refractivity contribution is 5.92. The summed E-state index contributed by atoms with van der Waals surface area (Å²) < 4.78 is 43.7. The molecule has 2 aromatic rings. The van der Waals surface area contributed by atoms with Gasteiger partial charge in [0.1, 0.15) is 11.4 Å². The molecule has 2 fully saturated rings. The summed E-state index contributed by atoms with van der Waals surface area (Å²) in [5, 5.41) is 0. The molecule has 0 atom stereocenters. The molecule has 0 radical (unpaired) electrons. The molecule has 3 aliphatic rings. The van der Waals surface area contributed by atoms with Crippen molar-refractivity contribution in [2.24, 2.45) is 5.41 Å². The molecule has 0 aliphatic carbocycles. The molecule has 12 heteroatoms. The number of aromatic nitrogens is 2. The van der Waals surface area contributed by atoms with Crippen LogP contribution >= 0.6 is 0 Å². The highest BCUT2D eigenvalue weighted by Gasteiger charge is 2.43.